The number of aromatic nitrogens is 5. The molecule has 0 aliphatic rings. The number of nitrogens with zero attached hydrogens (tertiary/aromatic N) is 5. The van der Waals surface area contributed by atoms with Crippen molar-refractivity contribution in [2.75, 3.05) is 11.1 Å². The molecule has 0 saturated heterocycles. The van der Waals surface area contributed by atoms with E-state index in [4.69, 9.17) is 5.73 Å². The lowest BCUT2D eigenvalue weighted by Crippen LogP contribution is -2.07. The van der Waals surface area contributed by atoms with E-state index >= 15 is 0 Å². The molecule has 0 unspecified atom stereocenters. The largest absolute Gasteiger partial charge is 0.384 e. The molecule has 0 atom stereocenters. The number of benzene rings is 1. The number of nitrogens with two attached hydrogens (primary N) is 1. The fourth-order valence-corrected chi connectivity index (χ4v) is 2.89. The summed E-state index contributed by atoms with van der Waals surface area (Å²) >= 11 is 0. The molecule has 4 rings (SSSR count). The second-order valence-electron chi connectivity index (χ2n) is 5.86. The Morgan fingerprint density at radius 2 is 2.12 bits per heavy atom. The monoisotopic (exact) mass is 321 g/mol. The molecule has 1 aromatic carbocycles. The molecule has 0 saturated carbocycles. The van der Waals surface area contributed by atoms with Crippen LogP contribution in [0.25, 0.3) is 16.7 Å². The second kappa shape index (κ2) is 5.52. The first kappa shape index (κ1) is 14.5. The standard InChI is InChI=1S/C17H19N7/c1-3-12-9-21-24-16(7-15(18)22-17(12)24)19-8-11-4-5-14-13(6-11)20-10-23(14)2/h4-7,9-10,19H,3,8H2,1-2H3,(H2,18,22). The number of nitrogen functional groups attached to an aromatic ring is 1. The highest BCUT2D eigenvalue weighted by atomic mass is 15.3. The van der Waals surface area contributed by atoms with Crippen molar-refractivity contribution >= 4 is 28.3 Å². The minimum atomic E-state index is 0.486. The van der Waals surface area contributed by atoms with Crippen molar-refractivity contribution in [1.82, 2.24) is 24.1 Å². The lowest BCUT2D eigenvalue weighted by atomic mass is 10.2. The quantitative estimate of drug-likeness (QED) is 0.603. The summed E-state index contributed by atoms with van der Waals surface area (Å²) in [4.78, 5) is 8.79. The van der Waals surface area contributed by atoms with Gasteiger partial charge in [-0.25, -0.2) is 9.97 Å². The third-order valence-electron chi connectivity index (χ3n) is 4.21. The highest BCUT2D eigenvalue weighted by Crippen LogP contribution is 2.19. The molecule has 0 spiro atoms. The van der Waals surface area contributed by atoms with Gasteiger partial charge in [-0.2, -0.15) is 9.61 Å². The van der Waals surface area contributed by atoms with E-state index in [1.807, 2.05) is 24.1 Å². The highest BCUT2D eigenvalue weighted by Gasteiger charge is 2.09. The highest BCUT2D eigenvalue weighted by molar-refractivity contribution is 5.76. The lowest BCUT2D eigenvalue weighted by Gasteiger charge is -2.10. The van der Waals surface area contributed by atoms with Crippen LogP contribution in [0.3, 0.4) is 0 Å². The van der Waals surface area contributed by atoms with Gasteiger partial charge in [-0.15, -0.1) is 0 Å². The molecule has 3 aromatic heterocycles. The summed E-state index contributed by atoms with van der Waals surface area (Å²) in [5.41, 5.74) is 11.1. The summed E-state index contributed by atoms with van der Waals surface area (Å²) in [5.74, 6) is 1.32. The third kappa shape index (κ3) is 2.34. The number of rotatable bonds is 4. The van der Waals surface area contributed by atoms with Gasteiger partial charge in [0.1, 0.15) is 11.6 Å². The van der Waals surface area contributed by atoms with E-state index in [1.165, 1.54) is 0 Å². The van der Waals surface area contributed by atoms with Crippen molar-refractivity contribution in [3.8, 4) is 0 Å². The predicted octanol–water partition coefficient (Wildman–Crippen LogP) is 2.37. The number of hydrogen-bond acceptors (Lipinski definition) is 5. The summed E-state index contributed by atoms with van der Waals surface area (Å²) in [6.07, 6.45) is 4.54. The first-order chi connectivity index (χ1) is 11.7. The van der Waals surface area contributed by atoms with Gasteiger partial charge in [0, 0.05) is 25.2 Å². The Morgan fingerprint density at radius 3 is 2.96 bits per heavy atom. The van der Waals surface area contributed by atoms with Crippen LogP contribution in [0.1, 0.15) is 18.1 Å². The normalized spacial score (nSPS) is 11.4. The molecule has 0 radical (unpaired) electrons. The Balaban J connectivity index is 1.65. The molecule has 4 aromatic rings. The van der Waals surface area contributed by atoms with Crippen LogP contribution in [-0.4, -0.2) is 24.1 Å². The molecule has 3 N–H and O–H groups in total. The fraction of sp³-hybridized carbons (Fsp3) is 0.235. The van der Waals surface area contributed by atoms with Crippen LogP contribution in [0.4, 0.5) is 11.6 Å². The van der Waals surface area contributed by atoms with E-state index in [2.05, 4.69) is 45.5 Å². The van der Waals surface area contributed by atoms with Gasteiger partial charge < -0.3 is 15.6 Å². The predicted molar refractivity (Wildman–Crippen MR) is 94.8 cm³/mol. The first-order valence-corrected chi connectivity index (χ1v) is 7.92. The van der Waals surface area contributed by atoms with Crippen molar-refractivity contribution in [3.05, 3.63) is 47.9 Å². The number of hydrogen-bond donors (Lipinski definition) is 2. The Hall–Kier alpha value is -3.09. The van der Waals surface area contributed by atoms with E-state index < -0.39 is 0 Å². The van der Waals surface area contributed by atoms with Crippen LogP contribution < -0.4 is 11.1 Å². The molecule has 0 fully saturated rings. The zero-order chi connectivity index (χ0) is 16.7. The smallest absolute Gasteiger partial charge is 0.162 e. The van der Waals surface area contributed by atoms with Crippen LogP contribution in [0.15, 0.2) is 36.8 Å². The van der Waals surface area contributed by atoms with Crippen molar-refractivity contribution in [3.63, 3.8) is 0 Å². The molecule has 0 aliphatic heterocycles. The Labute approximate surface area is 139 Å². The maximum Gasteiger partial charge on any atom is 0.162 e. The maximum atomic E-state index is 5.95. The molecule has 0 aliphatic carbocycles. The van der Waals surface area contributed by atoms with Crippen LogP contribution >= 0.6 is 0 Å². The number of nitrogens with one attached hydrogen (secondary N) is 1. The van der Waals surface area contributed by atoms with Crippen LogP contribution in [-0.2, 0) is 20.0 Å². The van der Waals surface area contributed by atoms with Gasteiger partial charge in [-0.05, 0) is 24.1 Å². The van der Waals surface area contributed by atoms with Crippen LogP contribution in [0, 0.1) is 0 Å². The minimum absolute atomic E-state index is 0.486. The summed E-state index contributed by atoms with van der Waals surface area (Å²) in [7, 11) is 1.99. The summed E-state index contributed by atoms with van der Waals surface area (Å²) in [5, 5.41) is 7.82. The number of anilines is 2. The Morgan fingerprint density at radius 1 is 1.25 bits per heavy atom. The molecule has 7 heteroatoms. The van der Waals surface area contributed by atoms with E-state index in [-0.39, 0.29) is 0 Å². The first-order valence-electron chi connectivity index (χ1n) is 7.92. The zero-order valence-electron chi connectivity index (χ0n) is 13.7. The Kier molecular flexibility index (Phi) is 3.34. The molecule has 0 bridgehead atoms. The maximum absolute atomic E-state index is 5.95. The van der Waals surface area contributed by atoms with Gasteiger partial charge in [-0.3, -0.25) is 0 Å². The van der Waals surface area contributed by atoms with Gasteiger partial charge >= 0.3 is 0 Å². The summed E-state index contributed by atoms with van der Waals surface area (Å²) in [6, 6.07) is 8.07. The SMILES string of the molecule is CCc1cnn2c(NCc3ccc4c(c3)ncn4C)cc(N)nc12. The van der Waals surface area contributed by atoms with Gasteiger partial charge in [-0.1, -0.05) is 13.0 Å². The topological polar surface area (TPSA) is 86.1 Å². The molecular weight excluding hydrogens is 302 g/mol. The van der Waals surface area contributed by atoms with Crippen LogP contribution in [0.2, 0.25) is 0 Å². The lowest BCUT2D eigenvalue weighted by molar-refractivity contribution is 0.927. The molecule has 0 amide bonds. The van der Waals surface area contributed by atoms with Gasteiger partial charge in [0.15, 0.2) is 5.65 Å². The molecule has 7 nitrogen and oxygen atoms in total. The number of aryl methyl sites for hydroxylation is 2. The second-order valence-corrected chi connectivity index (χ2v) is 5.86. The van der Waals surface area contributed by atoms with Crippen molar-refractivity contribution in [2.45, 2.75) is 19.9 Å². The van der Waals surface area contributed by atoms with Gasteiger partial charge in [0.25, 0.3) is 0 Å². The summed E-state index contributed by atoms with van der Waals surface area (Å²) in [6.45, 7) is 2.74. The average Bonchev–Trinajstić information content (AvgIpc) is 3.16. The average molecular weight is 321 g/mol. The fourth-order valence-electron chi connectivity index (χ4n) is 2.89. The zero-order valence-corrected chi connectivity index (χ0v) is 13.7. The molecule has 24 heavy (non-hydrogen) atoms. The van der Waals surface area contributed by atoms with E-state index in [0.717, 1.165) is 40.0 Å². The molecule has 3 heterocycles. The van der Waals surface area contributed by atoms with Gasteiger partial charge in [0.05, 0.1) is 23.6 Å². The summed E-state index contributed by atoms with van der Waals surface area (Å²) < 4.78 is 3.81. The molecule has 122 valence electrons. The van der Waals surface area contributed by atoms with E-state index in [0.29, 0.717) is 12.4 Å². The van der Waals surface area contributed by atoms with Crippen molar-refractivity contribution in [1.29, 1.82) is 0 Å². The number of fused-ring (bicyclic) bond motifs is 2. The van der Waals surface area contributed by atoms with Crippen LogP contribution in [0.5, 0.6) is 0 Å². The Bertz CT molecular complexity index is 1030. The van der Waals surface area contributed by atoms with Crippen molar-refractivity contribution < 1.29 is 0 Å². The number of imidazole rings is 1. The van der Waals surface area contributed by atoms with E-state index in [9.17, 15) is 0 Å². The van der Waals surface area contributed by atoms with Crippen molar-refractivity contribution in [2.24, 2.45) is 7.05 Å². The minimum Gasteiger partial charge on any atom is -0.384 e. The molecular formula is C17H19N7. The van der Waals surface area contributed by atoms with Gasteiger partial charge in [0.2, 0.25) is 0 Å². The third-order valence-corrected chi connectivity index (χ3v) is 4.21. The van der Waals surface area contributed by atoms with E-state index in [1.54, 1.807) is 10.6 Å².